The van der Waals surface area contributed by atoms with Gasteiger partial charge in [0.05, 0.1) is 5.01 Å². The van der Waals surface area contributed by atoms with Gasteiger partial charge >= 0.3 is 0 Å². The highest BCUT2D eigenvalue weighted by molar-refractivity contribution is 9.09. The Morgan fingerprint density at radius 1 is 1.28 bits per heavy atom. The third-order valence-electron chi connectivity index (χ3n) is 2.81. The smallest absolute Gasteiger partial charge is 0.0896 e. The molecule has 1 aromatic carbocycles. The fourth-order valence-corrected chi connectivity index (χ4v) is 3.41. The Balaban J connectivity index is 1.99. The summed E-state index contributed by atoms with van der Waals surface area (Å²) >= 11 is 11.3. The van der Waals surface area contributed by atoms with Crippen LogP contribution in [0.5, 0.6) is 0 Å². The van der Waals surface area contributed by atoms with Gasteiger partial charge in [0.15, 0.2) is 0 Å². The third kappa shape index (κ3) is 4.08. The summed E-state index contributed by atoms with van der Waals surface area (Å²) in [5, 5.41) is 2.95. The van der Waals surface area contributed by atoms with E-state index in [0.717, 1.165) is 28.2 Å². The molecule has 0 aliphatic heterocycles. The molecule has 2 rings (SSSR count). The molecule has 1 heterocycles. The van der Waals surface area contributed by atoms with Crippen LogP contribution in [0.2, 0.25) is 5.02 Å². The maximum absolute atomic E-state index is 5.90. The van der Waals surface area contributed by atoms with Crippen molar-refractivity contribution in [3.63, 3.8) is 0 Å². The van der Waals surface area contributed by atoms with Gasteiger partial charge in [0, 0.05) is 21.4 Å². The van der Waals surface area contributed by atoms with Crippen LogP contribution in [0.4, 0.5) is 0 Å². The number of hydrogen-bond donors (Lipinski definition) is 0. The van der Waals surface area contributed by atoms with Gasteiger partial charge < -0.3 is 0 Å². The van der Waals surface area contributed by atoms with E-state index in [1.54, 1.807) is 11.3 Å². The molecular weight excluding hydrogens is 330 g/mol. The predicted molar refractivity (Wildman–Crippen MR) is 83.0 cm³/mol. The molecule has 18 heavy (non-hydrogen) atoms. The van der Waals surface area contributed by atoms with Crippen LogP contribution in [0, 0.1) is 12.8 Å². The molecule has 1 atom stereocenters. The summed E-state index contributed by atoms with van der Waals surface area (Å²) < 4.78 is 0. The molecule has 0 N–H and O–H groups in total. The van der Waals surface area contributed by atoms with Crippen molar-refractivity contribution in [1.29, 1.82) is 0 Å². The van der Waals surface area contributed by atoms with Crippen LogP contribution < -0.4 is 0 Å². The van der Waals surface area contributed by atoms with Crippen molar-refractivity contribution < 1.29 is 0 Å². The van der Waals surface area contributed by atoms with Crippen molar-refractivity contribution in [3.05, 3.63) is 50.9 Å². The first-order chi connectivity index (χ1) is 8.67. The van der Waals surface area contributed by atoms with E-state index in [1.165, 1.54) is 10.4 Å². The van der Waals surface area contributed by atoms with Crippen LogP contribution in [0.25, 0.3) is 0 Å². The average molecular weight is 345 g/mol. The average Bonchev–Trinajstić information content (AvgIpc) is 2.77. The summed E-state index contributed by atoms with van der Waals surface area (Å²) in [5.41, 5.74) is 1.34. The fraction of sp³-hybridized carbons (Fsp3) is 0.357. The second-order valence-corrected chi connectivity index (χ2v) is 6.80. The minimum absolute atomic E-state index is 0.603. The van der Waals surface area contributed by atoms with Gasteiger partial charge in [0.2, 0.25) is 0 Å². The summed E-state index contributed by atoms with van der Waals surface area (Å²) in [6.07, 6.45) is 4.15. The van der Waals surface area contributed by atoms with Gasteiger partial charge in [-0.3, -0.25) is 0 Å². The Labute approximate surface area is 125 Å². The zero-order chi connectivity index (χ0) is 13.0. The monoisotopic (exact) mass is 343 g/mol. The van der Waals surface area contributed by atoms with Crippen LogP contribution in [-0.4, -0.2) is 10.3 Å². The number of benzene rings is 1. The SMILES string of the molecule is Cc1ncc(CC(CBr)Cc2ccc(Cl)cc2)s1. The molecule has 0 saturated carbocycles. The predicted octanol–water partition coefficient (Wildman–Crippen LogP) is 4.90. The molecule has 0 saturated heterocycles. The lowest BCUT2D eigenvalue weighted by molar-refractivity contribution is 0.596. The van der Waals surface area contributed by atoms with E-state index in [1.807, 2.05) is 18.3 Å². The maximum atomic E-state index is 5.90. The molecule has 0 fully saturated rings. The second kappa shape index (κ2) is 6.69. The number of alkyl halides is 1. The van der Waals surface area contributed by atoms with E-state index < -0.39 is 0 Å². The number of aryl methyl sites for hydroxylation is 1. The molecule has 0 aliphatic carbocycles. The van der Waals surface area contributed by atoms with E-state index in [-0.39, 0.29) is 0 Å². The Morgan fingerprint density at radius 3 is 2.56 bits per heavy atom. The van der Waals surface area contributed by atoms with Crippen molar-refractivity contribution in [1.82, 2.24) is 4.98 Å². The Kier molecular flexibility index (Phi) is 5.22. The number of halogens is 2. The molecule has 1 aromatic heterocycles. The minimum atomic E-state index is 0.603. The van der Waals surface area contributed by atoms with Crippen molar-refractivity contribution >= 4 is 38.9 Å². The molecule has 0 spiro atoms. The Morgan fingerprint density at radius 2 is 2.00 bits per heavy atom. The second-order valence-electron chi connectivity index (χ2n) is 4.40. The van der Waals surface area contributed by atoms with Crippen molar-refractivity contribution in [2.75, 3.05) is 5.33 Å². The van der Waals surface area contributed by atoms with Gasteiger partial charge in [0.25, 0.3) is 0 Å². The summed E-state index contributed by atoms with van der Waals surface area (Å²) in [5.74, 6) is 0.603. The van der Waals surface area contributed by atoms with Crippen LogP contribution in [0.3, 0.4) is 0 Å². The van der Waals surface area contributed by atoms with Crippen molar-refractivity contribution in [3.8, 4) is 0 Å². The molecule has 4 heteroatoms. The summed E-state index contributed by atoms with van der Waals surface area (Å²) in [4.78, 5) is 5.67. The minimum Gasteiger partial charge on any atom is -0.250 e. The van der Waals surface area contributed by atoms with E-state index in [9.17, 15) is 0 Å². The van der Waals surface area contributed by atoms with E-state index in [0.29, 0.717) is 5.92 Å². The standard InChI is InChI=1S/C14H15BrClNS/c1-10-17-9-14(18-10)7-12(8-15)6-11-2-4-13(16)5-3-11/h2-5,9,12H,6-8H2,1H3. The van der Waals surface area contributed by atoms with Gasteiger partial charge in [-0.05, 0) is 43.4 Å². The highest BCUT2D eigenvalue weighted by atomic mass is 79.9. The Hall–Kier alpha value is -0.380. The van der Waals surface area contributed by atoms with Crippen LogP contribution in [0.1, 0.15) is 15.4 Å². The number of nitrogens with zero attached hydrogens (tertiary/aromatic N) is 1. The molecule has 1 unspecified atom stereocenters. The van der Waals surface area contributed by atoms with E-state index >= 15 is 0 Å². The molecule has 96 valence electrons. The molecular formula is C14H15BrClNS. The molecule has 2 aromatic rings. The Bertz CT molecular complexity index is 495. The van der Waals surface area contributed by atoms with Crippen LogP contribution in [0.15, 0.2) is 30.5 Å². The molecule has 1 nitrogen and oxygen atoms in total. The summed E-state index contributed by atoms with van der Waals surface area (Å²) in [6.45, 7) is 2.05. The molecule has 0 aliphatic rings. The molecule has 0 bridgehead atoms. The fourth-order valence-electron chi connectivity index (χ4n) is 1.92. The number of aromatic nitrogens is 1. The number of rotatable bonds is 5. The number of thiazole rings is 1. The zero-order valence-corrected chi connectivity index (χ0v) is 13.4. The summed E-state index contributed by atoms with van der Waals surface area (Å²) in [7, 11) is 0. The quantitative estimate of drug-likeness (QED) is 0.703. The van der Waals surface area contributed by atoms with Gasteiger partial charge in [-0.25, -0.2) is 4.98 Å². The van der Waals surface area contributed by atoms with Crippen molar-refractivity contribution in [2.24, 2.45) is 5.92 Å². The first-order valence-corrected chi connectivity index (χ1v) is 8.20. The first kappa shape index (κ1) is 14.0. The lowest BCUT2D eigenvalue weighted by atomic mass is 9.98. The molecule has 0 radical (unpaired) electrons. The topological polar surface area (TPSA) is 12.9 Å². The lowest BCUT2D eigenvalue weighted by Crippen LogP contribution is -2.09. The number of hydrogen-bond acceptors (Lipinski definition) is 2. The van der Waals surface area contributed by atoms with Gasteiger partial charge in [0.1, 0.15) is 0 Å². The maximum Gasteiger partial charge on any atom is 0.0896 e. The van der Waals surface area contributed by atoms with Crippen molar-refractivity contribution in [2.45, 2.75) is 19.8 Å². The summed E-state index contributed by atoms with van der Waals surface area (Å²) in [6, 6.07) is 8.13. The van der Waals surface area contributed by atoms with Gasteiger partial charge in [-0.15, -0.1) is 11.3 Å². The highest BCUT2D eigenvalue weighted by Gasteiger charge is 2.11. The van der Waals surface area contributed by atoms with Crippen LogP contribution in [-0.2, 0) is 12.8 Å². The van der Waals surface area contributed by atoms with Gasteiger partial charge in [-0.2, -0.15) is 0 Å². The largest absolute Gasteiger partial charge is 0.250 e. The highest BCUT2D eigenvalue weighted by Crippen LogP contribution is 2.21. The molecule has 0 amide bonds. The van der Waals surface area contributed by atoms with E-state index in [2.05, 4.69) is 40.0 Å². The van der Waals surface area contributed by atoms with E-state index in [4.69, 9.17) is 11.6 Å². The van der Waals surface area contributed by atoms with Gasteiger partial charge in [-0.1, -0.05) is 39.7 Å². The normalized spacial score (nSPS) is 12.6. The van der Waals surface area contributed by atoms with Crippen LogP contribution >= 0.6 is 38.9 Å². The third-order valence-corrected chi connectivity index (χ3v) is 4.92. The zero-order valence-electron chi connectivity index (χ0n) is 10.2. The lowest BCUT2D eigenvalue weighted by Gasteiger charge is -2.12. The first-order valence-electron chi connectivity index (χ1n) is 5.89.